The average Bonchev–Trinajstić information content (AvgIpc) is 2.02. The van der Waals surface area contributed by atoms with Gasteiger partial charge in [-0.15, -0.1) is 0 Å². The third-order valence-electron chi connectivity index (χ3n) is 1.86. The van der Waals surface area contributed by atoms with Gasteiger partial charge in [0.05, 0.1) is 0 Å². The van der Waals surface area contributed by atoms with Crippen molar-refractivity contribution in [2.75, 3.05) is 0 Å². The molecule has 0 saturated carbocycles. The molecular weight excluding hydrogens is 181 g/mol. The molecule has 0 amide bonds. The van der Waals surface area contributed by atoms with Crippen LogP contribution in [0.15, 0.2) is 0 Å². The molecule has 0 aromatic carbocycles. The molecule has 0 spiro atoms. The van der Waals surface area contributed by atoms with Crippen LogP contribution in [0.25, 0.3) is 0 Å². The summed E-state index contributed by atoms with van der Waals surface area (Å²) in [7, 11) is 0. The van der Waals surface area contributed by atoms with Gasteiger partial charge in [-0.2, -0.15) is 13.2 Å². The summed E-state index contributed by atoms with van der Waals surface area (Å²) in [5, 5.41) is 9.20. The summed E-state index contributed by atoms with van der Waals surface area (Å²) < 4.78 is 34.8. The second-order valence-corrected chi connectivity index (χ2v) is 2.79. The first-order valence-electron chi connectivity index (χ1n) is 4.18. The van der Waals surface area contributed by atoms with Gasteiger partial charge in [-0.05, 0) is 18.8 Å². The third-order valence-corrected chi connectivity index (χ3v) is 1.86. The smallest absolute Gasteiger partial charge is 0.380 e. The highest BCUT2D eigenvalue weighted by atomic mass is 19.4. The molecule has 0 radical (unpaired) electrons. The van der Waals surface area contributed by atoms with Crippen molar-refractivity contribution in [1.29, 1.82) is 0 Å². The predicted molar refractivity (Wildman–Crippen MR) is 43.9 cm³/mol. The predicted octanol–water partition coefficient (Wildman–Crippen LogP) is 2.35. The van der Waals surface area contributed by atoms with Crippen molar-refractivity contribution >= 4 is 0 Å². The lowest BCUT2D eigenvalue weighted by Crippen LogP contribution is -2.18. The number of rotatable bonds is 3. The highest BCUT2D eigenvalue weighted by molar-refractivity contribution is 5.10. The zero-order chi connectivity index (χ0) is 10.5. The molecule has 0 rings (SSSR count). The normalized spacial score (nSPS) is 13.8. The Morgan fingerprint density at radius 3 is 2.00 bits per heavy atom. The van der Waals surface area contributed by atoms with Crippen LogP contribution in [-0.2, 0) is 0 Å². The van der Waals surface area contributed by atoms with Crippen LogP contribution in [0, 0.1) is 17.8 Å². The maximum Gasteiger partial charge on any atom is 0.457 e. The van der Waals surface area contributed by atoms with E-state index >= 15 is 0 Å². The molecule has 0 aromatic heterocycles. The summed E-state index contributed by atoms with van der Waals surface area (Å²) >= 11 is 0. The van der Waals surface area contributed by atoms with Crippen LogP contribution in [0.4, 0.5) is 13.2 Å². The Morgan fingerprint density at radius 2 is 1.69 bits per heavy atom. The third kappa shape index (κ3) is 5.53. The molecule has 0 aromatic rings. The van der Waals surface area contributed by atoms with E-state index in [1.165, 1.54) is 0 Å². The monoisotopic (exact) mass is 194 g/mol. The number of hydrogen-bond donors (Lipinski definition) is 1. The maximum absolute atomic E-state index is 11.6. The summed E-state index contributed by atoms with van der Waals surface area (Å²) in [6, 6.07) is 0. The van der Waals surface area contributed by atoms with Crippen molar-refractivity contribution in [3.8, 4) is 11.8 Å². The van der Waals surface area contributed by atoms with Crippen LogP contribution in [-0.4, -0.2) is 17.4 Å². The lowest BCUT2D eigenvalue weighted by molar-refractivity contribution is -0.0701. The lowest BCUT2D eigenvalue weighted by Gasteiger charge is -2.14. The van der Waals surface area contributed by atoms with Gasteiger partial charge in [0.1, 0.15) is 6.10 Å². The Balaban J connectivity index is 4.24. The average molecular weight is 194 g/mol. The van der Waals surface area contributed by atoms with Crippen LogP contribution in [0.3, 0.4) is 0 Å². The van der Waals surface area contributed by atoms with Crippen molar-refractivity contribution in [3.63, 3.8) is 0 Å². The molecule has 1 unspecified atom stereocenters. The molecule has 0 bridgehead atoms. The van der Waals surface area contributed by atoms with Crippen molar-refractivity contribution < 1.29 is 18.3 Å². The maximum atomic E-state index is 11.6. The van der Waals surface area contributed by atoms with Gasteiger partial charge in [0.2, 0.25) is 0 Å². The minimum Gasteiger partial charge on any atom is -0.380 e. The van der Waals surface area contributed by atoms with Crippen molar-refractivity contribution in [2.24, 2.45) is 5.92 Å². The molecule has 1 N–H and O–H groups in total. The van der Waals surface area contributed by atoms with Gasteiger partial charge in [-0.3, -0.25) is 0 Å². The lowest BCUT2D eigenvalue weighted by atomic mass is 9.97. The van der Waals surface area contributed by atoms with Gasteiger partial charge >= 0.3 is 6.18 Å². The summed E-state index contributed by atoms with van der Waals surface area (Å²) in [4.78, 5) is 0. The van der Waals surface area contributed by atoms with E-state index < -0.39 is 12.3 Å². The Hall–Kier alpha value is -0.690. The van der Waals surface area contributed by atoms with Crippen molar-refractivity contribution in [3.05, 3.63) is 0 Å². The number of aliphatic hydroxyl groups is 1. The molecule has 0 heterocycles. The second kappa shape index (κ2) is 5.13. The first kappa shape index (κ1) is 12.3. The molecule has 76 valence electrons. The van der Waals surface area contributed by atoms with Gasteiger partial charge in [0.15, 0.2) is 0 Å². The zero-order valence-electron chi connectivity index (χ0n) is 7.65. The quantitative estimate of drug-likeness (QED) is 0.684. The summed E-state index contributed by atoms with van der Waals surface area (Å²) in [5.74, 6) is 2.70. The number of alkyl halides is 3. The van der Waals surface area contributed by atoms with Gasteiger partial charge in [0, 0.05) is 5.92 Å². The largest absolute Gasteiger partial charge is 0.457 e. The van der Waals surface area contributed by atoms with Crippen LogP contribution in [0.1, 0.15) is 26.7 Å². The van der Waals surface area contributed by atoms with Gasteiger partial charge < -0.3 is 5.11 Å². The van der Waals surface area contributed by atoms with E-state index in [2.05, 4.69) is 0 Å². The van der Waals surface area contributed by atoms with E-state index in [4.69, 9.17) is 0 Å². The molecule has 0 saturated heterocycles. The van der Waals surface area contributed by atoms with E-state index in [1.807, 2.05) is 13.8 Å². The van der Waals surface area contributed by atoms with Crippen molar-refractivity contribution in [2.45, 2.75) is 39.0 Å². The Kier molecular flexibility index (Phi) is 4.86. The molecule has 0 aliphatic heterocycles. The number of hydrogen-bond acceptors (Lipinski definition) is 1. The molecule has 1 atom stereocenters. The molecule has 13 heavy (non-hydrogen) atoms. The minimum absolute atomic E-state index is 0.171. The Labute approximate surface area is 75.9 Å². The van der Waals surface area contributed by atoms with E-state index in [0.717, 1.165) is 5.92 Å². The van der Waals surface area contributed by atoms with Crippen LogP contribution >= 0.6 is 0 Å². The van der Waals surface area contributed by atoms with Gasteiger partial charge in [-0.25, -0.2) is 0 Å². The van der Waals surface area contributed by atoms with Gasteiger partial charge in [0.25, 0.3) is 0 Å². The molecule has 4 heteroatoms. The fraction of sp³-hybridized carbons (Fsp3) is 0.778. The number of halogens is 3. The summed E-state index contributed by atoms with van der Waals surface area (Å²) in [6.07, 6.45) is -4.42. The van der Waals surface area contributed by atoms with Crippen molar-refractivity contribution in [1.82, 2.24) is 0 Å². The molecule has 0 aliphatic rings. The highest BCUT2D eigenvalue weighted by Gasteiger charge is 2.24. The van der Waals surface area contributed by atoms with E-state index in [1.54, 1.807) is 5.92 Å². The van der Waals surface area contributed by atoms with Crippen LogP contribution < -0.4 is 0 Å². The van der Waals surface area contributed by atoms with E-state index in [0.29, 0.717) is 12.8 Å². The van der Waals surface area contributed by atoms with Crippen LogP contribution in [0.5, 0.6) is 0 Å². The van der Waals surface area contributed by atoms with E-state index in [-0.39, 0.29) is 5.92 Å². The fourth-order valence-electron chi connectivity index (χ4n) is 1.01. The molecular formula is C9H13F3O. The first-order valence-corrected chi connectivity index (χ1v) is 4.18. The highest BCUT2D eigenvalue weighted by Crippen LogP contribution is 2.15. The molecule has 0 fully saturated rings. The Morgan fingerprint density at radius 1 is 1.23 bits per heavy atom. The standard InChI is InChI=1S/C9H13F3O/c1-3-7(4-2)8(13)5-6-9(10,11)12/h7-8,13H,3-4H2,1-2H3. The topological polar surface area (TPSA) is 20.2 Å². The Bertz CT molecular complexity index is 195. The number of aliphatic hydroxyl groups excluding tert-OH is 1. The first-order chi connectivity index (χ1) is 5.90. The van der Waals surface area contributed by atoms with Gasteiger partial charge in [-0.1, -0.05) is 19.8 Å². The van der Waals surface area contributed by atoms with Crippen LogP contribution in [0.2, 0.25) is 0 Å². The zero-order valence-corrected chi connectivity index (χ0v) is 7.65. The fourth-order valence-corrected chi connectivity index (χ4v) is 1.01. The minimum atomic E-state index is -4.51. The second-order valence-electron chi connectivity index (χ2n) is 2.79. The van der Waals surface area contributed by atoms with E-state index in [9.17, 15) is 18.3 Å². The summed E-state index contributed by atoms with van der Waals surface area (Å²) in [5.41, 5.74) is 0. The molecule has 1 nitrogen and oxygen atoms in total. The SMILES string of the molecule is CCC(CC)C(O)C#CC(F)(F)F. The summed E-state index contributed by atoms with van der Waals surface area (Å²) in [6.45, 7) is 3.62. The molecule has 0 aliphatic carbocycles.